The van der Waals surface area contributed by atoms with Gasteiger partial charge in [-0.25, -0.2) is 0 Å². The molecule has 1 heterocycles. The Labute approximate surface area is 168 Å². The third-order valence-electron chi connectivity index (χ3n) is 4.97. The first-order valence-electron chi connectivity index (χ1n) is 10.0. The van der Waals surface area contributed by atoms with E-state index in [0.29, 0.717) is 5.17 Å². The predicted octanol–water partition coefficient (Wildman–Crippen LogP) is 5.57. The van der Waals surface area contributed by atoms with Crippen molar-refractivity contribution in [2.75, 3.05) is 13.1 Å². The molecular formula is C24H29NOS. The number of aryl methyl sites for hydroxylation is 2. The summed E-state index contributed by atoms with van der Waals surface area (Å²) in [5.41, 5.74) is 2.72. The summed E-state index contributed by atoms with van der Waals surface area (Å²) in [7, 11) is 0. The highest BCUT2D eigenvalue weighted by Gasteiger charge is 2.18. The van der Waals surface area contributed by atoms with Crippen molar-refractivity contribution >= 4 is 17.4 Å². The molecule has 0 amide bonds. The first-order chi connectivity index (χ1) is 13.3. The summed E-state index contributed by atoms with van der Waals surface area (Å²) < 4.78 is 6.18. The molecule has 1 atom stereocenters. The first kappa shape index (κ1) is 19.6. The highest BCUT2D eigenvalue weighted by molar-refractivity contribution is 7.80. The minimum absolute atomic E-state index is 0.0362. The minimum atomic E-state index is 0.0362. The molecule has 2 aromatic rings. The van der Waals surface area contributed by atoms with Crippen molar-refractivity contribution < 1.29 is 4.74 Å². The van der Waals surface area contributed by atoms with E-state index < -0.39 is 0 Å². The molecule has 0 N–H and O–H groups in total. The lowest BCUT2D eigenvalue weighted by atomic mass is 10.1. The van der Waals surface area contributed by atoms with Crippen molar-refractivity contribution in [3.05, 3.63) is 83.9 Å². The van der Waals surface area contributed by atoms with Gasteiger partial charge in [0.1, 0.15) is 6.10 Å². The first-order valence-corrected chi connectivity index (χ1v) is 10.4. The Kier molecular flexibility index (Phi) is 7.91. The molecule has 0 aromatic heterocycles. The van der Waals surface area contributed by atoms with E-state index in [1.54, 1.807) is 0 Å². The number of thiocarbonyl (C=S) groups is 1. The van der Waals surface area contributed by atoms with Crippen molar-refractivity contribution in [2.45, 2.75) is 44.6 Å². The van der Waals surface area contributed by atoms with Crippen molar-refractivity contribution in [2.24, 2.45) is 0 Å². The summed E-state index contributed by atoms with van der Waals surface area (Å²) >= 11 is 5.55. The zero-order valence-corrected chi connectivity index (χ0v) is 16.7. The number of hydrogen-bond acceptors (Lipinski definition) is 2. The molecule has 2 aromatic carbocycles. The molecule has 1 fully saturated rings. The van der Waals surface area contributed by atoms with Crippen LogP contribution in [0.2, 0.25) is 0 Å². The third kappa shape index (κ3) is 6.84. The van der Waals surface area contributed by atoms with E-state index >= 15 is 0 Å². The lowest BCUT2D eigenvalue weighted by Crippen LogP contribution is -2.31. The average Bonchev–Trinajstić information content (AvgIpc) is 3.26. The monoisotopic (exact) mass is 379 g/mol. The molecule has 0 saturated carbocycles. The number of likely N-dealkylation sites (tertiary alicyclic amines) is 1. The van der Waals surface area contributed by atoms with Crippen LogP contribution >= 0.6 is 12.2 Å². The largest absolute Gasteiger partial charge is 0.463 e. The van der Waals surface area contributed by atoms with Gasteiger partial charge in [0.2, 0.25) is 0 Å². The lowest BCUT2D eigenvalue weighted by molar-refractivity contribution is 0.193. The van der Waals surface area contributed by atoms with Crippen LogP contribution in [0, 0.1) is 0 Å². The van der Waals surface area contributed by atoms with E-state index in [0.717, 1.165) is 38.8 Å². The molecule has 0 aliphatic carbocycles. The molecule has 1 aliphatic heterocycles. The summed E-state index contributed by atoms with van der Waals surface area (Å²) in [6.45, 7) is 2.06. The Balaban J connectivity index is 1.54. The normalized spacial score (nSPS) is 15.2. The summed E-state index contributed by atoms with van der Waals surface area (Å²) in [5, 5.41) is 0.665. The number of benzene rings is 2. The molecule has 3 rings (SSSR count). The number of allylic oxidation sites excluding steroid dienone is 1. The van der Waals surface area contributed by atoms with Gasteiger partial charge >= 0.3 is 0 Å². The second-order valence-corrected chi connectivity index (χ2v) is 7.44. The van der Waals surface area contributed by atoms with Gasteiger partial charge < -0.3 is 9.64 Å². The zero-order valence-electron chi connectivity index (χ0n) is 15.9. The van der Waals surface area contributed by atoms with Crippen LogP contribution in [0.4, 0.5) is 0 Å². The minimum Gasteiger partial charge on any atom is -0.463 e. The van der Waals surface area contributed by atoms with E-state index in [4.69, 9.17) is 17.0 Å². The van der Waals surface area contributed by atoms with Crippen molar-refractivity contribution in [1.82, 2.24) is 4.90 Å². The van der Waals surface area contributed by atoms with Gasteiger partial charge in [-0.2, -0.15) is 0 Å². The van der Waals surface area contributed by atoms with Gasteiger partial charge in [-0.15, -0.1) is 0 Å². The second kappa shape index (κ2) is 10.9. The fraction of sp³-hybridized carbons (Fsp3) is 0.375. The van der Waals surface area contributed by atoms with Crippen LogP contribution in [0.5, 0.6) is 0 Å². The Hall–Kier alpha value is -2.13. The standard InChI is InChI=1S/C24H29NOS/c27-24(25-19-9-10-20-25)26-23(18-17-22-13-5-2-6-14-22)16-8-7-15-21-11-3-1-4-12-21/h1-6,8,11-14,16,23H,7,9-10,15,17-20H2/b16-8+. The summed E-state index contributed by atoms with van der Waals surface area (Å²) in [4.78, 5) is 2.20. The van der Waals surface area contributed by atoms with Crippen molar-refractivity contribution in [3.63, 3.8) is 0 Å². The quantitative estimate of drug-likeness (QED) is 0.439. The third-order valence-corrected chi connectivity index (χ3v) is 5.32. The highest BCUT2D eigenvalue weighted by Crippen LogP contribution is 2.15. The van der Waals surface area contributed by atoms with Gasteiger partial charge in [0, 0.05) is 13.1 Å². The maximum Gasteiger partial charge on any atom is 0.259 e. The SMILES string of the molecule is S=C(OC(/C=C/CCc1ccccc1)CCc1ccccc1)N1CCCC1. The number of rotatable bonds is 8. The van der Waals surface area contributed by atoms with Crippen LogP contribution in [0.3, 0.4) is 0 Å². The Morgan fingerprint density at radius 1 is 0.926 bits per heavy atom. The highest BCUT2D eigenvalue weighted by atomic mass is 32.1. The van der Waals surface area contributed by atoms with E-state index in [-0.39, 0.29) is 6.10 Å². The average molecular weight is 380 g/mol. The van der Waals surface area contributed by atoms with Crippen LogP contribution in [-0.4, -0.2) is 29.3 Å². The molecule has 0 bridgehead atoms. The topological polar surface area (TPSA) is 12.5 Å². The molecule has 0 radical (unpaired) electrons. The maximum atomic E-state index is 6.18. The number of ether oxygens (including phenoxy) is 1. The summed E-state index contributed by atoms with van der Waals surface area (Å²) in [6.07, 6.45) is 10.9. The molecule has 3 heteroatoms. The second-order valence-electron chi connectivity index (χ2n) is 7.09. The molecular weight excluding hydrogens is 350 g/mol. The summed E-state index contributed by atoms with van der Waals surface area (Å²) in [5.74, 6) is 0. The van der Waals surface area contributed by atoms with E-state index in [2.05, 4.69) is 77.7 Å². The van der Waals surface area contributed by atoms with E-state index in [9.17, 15) is 0 Å². The Bertz CT molecular complexity index is 708. The van der Waals surface area contributed by atoms with Gasteiger partial charge in [-0.3, -0.25) is 0 Å². The number of hydrogen-bond donors (Lipinski definition) is 0. The molecule has 1 saturated heterocycles. The number of nitrogens with zero attached hydrogens (tertiary/aromatic N) is 1. The fourth-order valence-corrected chi connectivity index (χ4v) is 3.70. The fourth-order valence-electron chi connectivity index (χ4n) is 3.39. The lowest BCUT2D eigenvalue weighted by Gasteiger charge is -2.23. The van der Waals surface area contributed by atoms with Gasteiger partial charge in [0.05, 0.1) is 0 Å². The van der Waals surface area contributed by atoms with Crippen molar-refractivity contribution in [3.8, 4) is 0 Å². The smallest absolute Gasteiger partial charge is 0.259 e. The van der Waals surface area contributed by atoms with Crippen LogP contribution in [0.25, 0.3) is 0 Å². The predicted molar refractivity (Wildman–Crippen MR) is 117 cm³/mol. The van der Waals surface area contributed by atoms with Crippen LogP contribution in [0.1, 0.15) is 36.8 Å². The molecule has 142 valence electrons. The van der Waals surface area contributed by atoms with Gasteiger partial charge in [-0.05, 0) is 67.9 Å². The van der Waals surface area contributed by atoms with E-state index in [1.165, 1.54) is 24.0 Å². The van der Waals surface area contributed by atoms with Crippen LogP contribution in [-0.2, 0) is 17.6 Å². The van der Waals surface area contributed by atoms with Gasteiger partial charge in [0.25, 0.3) is 5.17 Å². The zero-order chi connectivity index (χ0) is 18.7. The van der Waals surface area contributed by atoms with Gasteiger partial charge in [0.15, 0.2) is 0 Å². The Morgan fingerprint density at radius 3 is 2.15 bits per heavy atom. The van der Waals surface area contributed by atoms with E-state index in [1.807, 2.05) is 0 Å². The maximum absolute atomic E-state index is 6.18. The van der Waals surface area contributed by atoms with Crippen LogP contribution < -0.4 is 0 Å². The van der Waals surface area contributed by atoms with Crippen LogP contribution in [0.15, 0.2) is 72.8 Å². The van der Waals surface area contributed by atoms with Crippen molar-refractivity contribution in [1.29, 1.82) is 0 Å². The van der Waals surface area contributed by atoms with Gasteiger partial charge in [-0.1, -0.05) is 66.7 Å². The summed E-state index contributed by atoms with van der Waals surface area (Å²) in [6, 6.07) is 21.2. The molecule has 1 aliphatic rings. The molecule has 1 unspecified atom stereocenters. The molecule has 0 spiro atoms. The molecule has 27 heavy (non-hydrogen) atoms. The molecule has 2 nitrogen and oxygen atoms in total. The Morgan fingerprint density at radius 2 is 1.52 bits per heavy atom.